The van der Waals surface area contributed by atoms with Gasteiger partial charge in [0.15, 0.2) is 5.78 Å². The van der Waals surface area contributed by atoms with Crippen LogP contribution in [-0.2, 0) is 12.6 Å². The van der Waals surface area contributed by atoms with E-state index in [0.717, 1.165) is 43.2 Å². The fraction of sp³-hybridized carbons (Fsp3) is 0.391. The number of carbonyl (C=O) groups excluding carboxylic acids is 1. The first-order valence-corrected chi connectivity index (χ1v) is 10.0. The highest BCUT2D eigenvalue weighted by molar-refractivity contribution is 6.16. The van der Waals surface area contributed by atoms with Crippen LogP contribution in [0.2, 0.25) is 0 Å². The van der Waals surface area contributed by atoms with E-state index in [1.54, 1.807) is 13.2 Å². The molecule has 1 aliphatic heterocycles. The number of carbonyl (C=O) groups is 1. The molecule has 1 fully saturated rings. The van der Waals surface area contributed by atoms with Gasteiger partial charge in [0.05, 0.1) is 24.1 Å². The van der Waals surface area contributed by atoms with E-state index in [4.69, 9.17) is 4.74 Å². The zero-order chi connectivity index (χ0) is 21.5. The zero-order valence-corrected chi connectivity index (χ0v) is 16.9. The Hall–Kier alpha value is -2.83. The lowest BCUT2D eigenvalue weighted by Crippen LogP contribution is -2.33. The third kappa shape index (κ3) is 3.80. The number of pyridine rings is 1. The summed E-state index contributed by atoms with van der Waals surface area (Å²) in [5.41, 5.74) is 1.45. The molecule has 0 unspecified atom stereocenters. The van der Waals surface area contributed by atoms with Crippen LogP contribution in [0.4, 0.5) is 18.9 Å². The Morgan fingerprint density at radius 3 is 2.63 bits per heavy atom. The van der Waals surface area contributed by atoms with Crippen molar-refractivity contribution in [1.82, 2.24) is 4.98 Å². The van der Waals surface area contributed by atoms with Gasteiger partial charge in [-0.25, -0.2) is 0 Å². The Morgan fingerprint density at radius 2 is 1.97 bits per heavy atom. The molecule has 0 bridgehead atoms. The van der Waals surface area contributed by atoms with Gasteiger partial charge >= 0.3 is 6.18 Å². The summed E-state index contributed by atoms with van der Waals surface area (Å²) in [6.45, 7) is 4.06. The molecule has 2 aromatic rings. The first-order valence-electron chi connectivity index (χ1n) is 10.0. The molecule has 158 valence electrons. The fourth-order valence-electron chi connectivity index (χ4n) is 4.14. The van der Waals surface area contributed by atoms with Crippen molar-refractivity contribution in [2.24, 2.45) is 5.92 Å². The molecule has 0 atom stereocenters. The number of fused-ring (bicyclic) bond motifs is 1. The minimum atomic E-state index is -4.53. The minimum Gasteiger partial charge on any atom is -0.495 e. The minimum absolute atomic E-state index is 0.238. The lowest BCUT2D eigenvalue weighted by Gasteiger charge is -2.33. The van der Waals surface area contributed by atoms with Crippen LogP contribution in [-0.4, -0.2) is 31.0 Å². The number of hydrogen-bond acceptors (Lipinski definition) is 4. The third-order valence-electron chi connectivity index (χ3n) is 5.90. The van der Waals surface area contributed by atoms with Crippen molar-refractivity contribution >= 4 is 17.5 Å². The number of methoxy groups -OCH3 is 1. The van der Waals surface area contributed by atoms with Gasteiger partial charge in [-0.2, -0.15) is 13.2 Å². The van der Waals surface area contributed by atoms with Gasteiger partial charge in [-0.05, 0) is 54.7 Å². The van der Waals surface area contributed by atoms with Gasteiger partial charge in [0.1, 0.15) is 5.75 Å². The number of anilines is 1. The number of allylic oxidation sites excluding steroid dienone is 1. The number of alkyl halides is 3. The van der Waals surface area contributed by atoms with Gasteiger partial charge in [0.25, 0.3) is 0 Å². The molecule has 7 heteroatoms. The number of piperidine rings is 1. The molecule has 2 aliphatic rings. The highest BCUT2D eigenvalue weighted by atomic mass is 19.4. The molecule has 4 rings (SSSR count). The number of halogens is 3. The van der Waals surface area contributed by atoms with Crippen molar-refractivity contribution in [3.8, 4) is 5.75 Å². The first-order chi connectivity index (χ1) is 14.3. The topological polar surface area (TPSA) is 42.4 Å². The Morgan fingerprint density at radius 1 is 1.23 bits per heavy atom. The van der Waals surface area contributed by atoms with Gasteiger partial charge in [0.2, 0.25) is 0 Å². The second-order valence-corrected chi connectivity index (χ2v) is 7.96. The number of ether oxygens (including phenoxy) is 1. The molecular weight excluding hydrogens is 393 g/mol. The molecule has 0 spiro atoms. The molecule has 30 heavy (non-hydrogen) atoms. The summed E-state index contributed by atoms with van der Waals surface area (Å²) in [4.78, 5) is 19.0. The van der Waals surface area contributed by atoms with Crippen LogP contribution in [0.15, 0.2) is 36.0 Å². The summed E-state index contributed by atoms with van der Waals surface area (Å²) in [5, 5.41) is 0. The van der Waals surface area contributed by atoms with E-state index in [9.17, 15) is 18.0 Å². The van der Waals surface area contributed by atoms with Crippen molar-refractivity contribution in [2.45, 2.75) is 32.4 Å². The van der Waals surface area contributed by atoms with Crippen LogP contribution in [0, 0.1) is 5.92 Å². The average Bonchev–Trinajstić information content (AvgIpc) is 3.02. The first kappa shape index (κ1) is 20.4. The molecule has 0 radical (unpaired) electrons. The summed E-state index contributed by atoms with van der Waals surface area (Å²) in [5.74, 6) is 1.02. The molecular formula is C23H23F3N2O2. The highest BCUT2D eigenvalue weighted by Gasteiger charge is 2.34. The highest BCUT2D eigenvalue weighted by Crippen LogP contribution is 2.39. The number of rotatable bonds is 3. The zero-order valence-electron chi connectivity index (χ0n) is 16.9. The van der Waals surface area contributed by atoms with Gasteiger partial charge in [-0.15, -0.1) is 0 Å². The quantitative estimate of drug-likeness (QED) is 0.648. The standard InChI is InChI=1S/C23H23F3N2O2/c1-14-5-8-28(9-6-14)20-12-15-10-16(22(29)17(15)13-21(20)30-2)11-19-18(23(24,25)26)4-3-7-27-19/h3-4,7,11-14H,5-6,8-10H2,1-2H3/b16-11+. The number of ketones is 1. The molecule has 2 heterocycles. The maximum absolute atomic E-state index is 13.3. The van der Waals surface area contributed by atoms with Crippen LogP contribution in [0.3, 0.4) is 0 Å². The van der Waals surface area contributed by atoms with Crippen LogP contribution < -0.4 is 9.64 Å². The number of Topliss-reactive ketones (excluding diaryl/α,β-unsaturated/α-hetero) is 1. The van der Waals surface area contributed by atoms with Crippen molar-refractivity contribution in [3.05, 3.63) is 58.4 Å². The second-order valence-electron chi connectivity index (χ2n) is 7.96. The monoisotopic (exact) mass is 416 g/mol. The molecule has 0 N–H and O–H groups in total. The Labute approximate surface area is 173 Å². The summed E-state index contributed by atoms with van der Waals surface area (Å²) >= 11 is 0. The number of benzene rings is 1. The van der Waals surface area contributed by atoms with Crippen LogP contribution in [0.5, 0.6) is 5.75 Å². The summed E-state index contributed by atoms with van der Waals surface area (Å²) < 4.78 is 45.4. The summed E-state index contributed by atoms with van der Waals surface area (Å²) in [6.07, 6.45) is 0.487. The molecule has 1 aliphatic carbocycles. The molecule has 0 saturated carbocycles. The molecule has 1 aromatic heterocycles. The second kappa shape index (κ2) is 7.78. The van der Waals surface area contributed by atoms with Crippen LogP contribution in [0.1, 0.15) is 46.9 Å². The SMILES string of the molecule is COc1cc2c(cc1N1CCC(C)CC1)C/C(=C\c1ncccc1C(F)(F)F)C2=O. The van der Waals surface area contributed by atoms with E-state index < -0.39 is 11.7 Å². The third-order valence-corrected chi connectivity index (χ3v) is 5.90. The Kier molecular flexibility index (Phi) is 5.30. The van der Waals surface area contributed by atoms with E-state index in [2.05, 4.69) is 16.8 Å². The predicted octanol–water partition coefficient (Wildman–Crippen LogP) is 5.17. The fourth-order valence-corrected chi connectivity index (χ4v) is 4.14. The van der Waals surface area contributed by atoms with E-state index in [1.807, 2.05) is 6.07 Å². The Bertz CT molecular complexity index is 1010. The lowest BCUT2D eigenvalue weighted by atomic mass is 9.98. The number of aromatic nitrogens is 1. The molecule has 1 aromatic carbocycles. The van der Waals surface area contributed by atoms with Crippen molar-refractivity contribution in [2.75, 3.05) is 25.1 Å². The number of hydrogen-bond donors (Lipinski definition) is 0. The average molecular weight is 416 g/mol. The van der Waals surface area contributed by atoms with Gasteiger partial charge in [-0.1, -0.05) is 6.92 Å². The normalized spacial score (nSPS) is 18.8. The predicted molar refractivity (Wildman–Crippen MR) is 109 cm³/mol. The number of nitrogens with zero attached hydrogens (tertiary/aromatic N) is 2. The lowest BCUT2D eigenvalue weighted by molar-refractivity contribution is -0.138. The van der Waals surface area contributed by atoms with Crippen LogP contribution >= 0.6 is 0 Å². The van der Waals surface area contributed by atoms with Gasteiger partial charge in [0, 0.05) is 36.8 Å². The van der Waals surface area contributed by atoms with E-state index in [1.165, 1.54) is 18.3 Å². The van der Waals surface area contributed by atoms with Gasteiger partial charge in [-0.3, -0.25) is 9.78 Å². The smallest absolute Gasteiger partial charge is 0.418 e. The van der Waals surface area contributed by atoms with E-state index >= 15 is 0 Å². The molecule has 0 amide bonds. The van der Waals surface area contributed by atoms with Crippen molar-refractivity contribution in [3.63, 3.8) is 0 Å². The van der Waals surface area contributed by atoms with E-state index in [-0.39, 0.29) is 17.9 Å². The maximum atomic E-state index is 13.3. The van der Waals surface area contributed by atoms with Crippen molar-refractivity contribution < 1.29 is 22.7 Å². The molecule has 1 saturated heterocycles. The Balaban J connectivity index is 1.69. The van der Waals surface area contributed by atoms with Crippen LogP contribution in [0.25, 0.3) is 6.08 Å². The summed E-state index contributed by atoms with van der Waals surface area (Å²) in [7, 11) is 1.57. The molecule has 4 nitrogen and oxygen atoms in total. The summed E-state index contributed by atoms with van der Waals surface area (Å²) in [6, 6.07) is 5.89. The van der Waals surface area contributed by atoms with Gasteiger partial charge < -0.3 is 9.64 Å². The van der Waals surface area contributed by atoms with E-state index in [0.29, 0.717) is 22.8 Å². The largest absolute Gasteiger partial charge is 0.495 e. The maximum Gasteiger partial charge on any atom is 0.418 e. The van der Waals surface area contributed by atoms with Crippen molar-refractivity contribution in [1.29, 1.82) is 0 Å².